The molecule has 4 rings (SSSR count). The van der Waals surface area contributed by atoms with Crippen LogP contribution < -0.4 is 0 Å². The molecule has 2 heterocycles. The van der Waals surface area contributed by atoms with Crippen LogP contribution in [0.1, 0.15) is 57.8 Å². The van der Waals surface area contributed by atoms with Crippen LogP contribution in [0.4, 0.5) is 0 Å². The van der Waals surface area contributed by atoms with E-state index in [9.17, 15) is 0 Å². The van der Waals surface area contributed by atoms with Gasteiger partial charge in [-0.1, -0.05) is 49.9 Å². The summed E-state index contributed by atoms with van der Waals surface area (Å²) < 4.78 is 2.90. The van der Waals surface area contributed by atoms with Gasteiger partial charge in [0.25, 0.3) is 0 Å². The van der Waals surface area contributed by atoms with Crippen molar-refractivity contribution in [2.24, 2.45) is 28.7 Å². The number of aliphatic imine (C=N–C) groups is 1. The highest BCUT2D eigenvalue weighted by Crippen LogP contribution is 2.55. The van der Waals surface area contributed by atoms with Crippen molar-refractivity contribution in [3.63, 3.8) is 0 Å². The molecule has 5 unspecified atom stereocenters. The maximum atomic E-state index is 5.10. The fraction of sp³-hybridized carbons (Fsp3) is 0.720. The fourth-order valence-electron chi connectivity index (χ4n) is 6.68. The van der Waals surface area contributed by atoms with Crippen molar-refractivity contribution in [2.75, 3.05) is 13.1 Å². The van der Waals surface area contributed by atoms with Gasteiger partial charge in [0.2, 0.25) is 0 Å². The lowest BCUT2D eigenvalue weighted by Gasteiger charge is -2.50. The van der Waals surface area contributed by atoms with Crippen molar-refractivity contribution < 1.29 is 0 Å². The van der Waals surface area contributed by atoms with E-state index in [-0.39, 0.29) is 0 Å². The van der Waals surface area contributed by atoms with Crippen LogP contribution in [0.3, 0.4) is 0 Å². The van der Waals surface area contributed by atoms with Crippen LogP contribution in [0.15, 0.2) is 42.0 Å². The minimum Gasteiger partial charge on any atom is -0.386 e. The second-order valence-corrected chi connectivity index (χ2v) is 14.7. The summed E-state index contributed by atoms with van der Waals surface area (Å²) in [6.45, 7) is 11.6. The molecular weight excluding hydrogens is 356 g/mol. The third kappa shape index (κ3) is 3.84. The predicted molar refractivity (Wildman–Crippen MR) is 124 cm³/mol. The van der Waals surface area contributed by atoms with E-state index in [1.807, 2.05) is 0 Å². The van der Waals surface area contributed by atoms with Gasteiger partial charge in [-0.25, -0.2) is 0 Å². The Labute approximate surface area is 174 Å². The first-order chi connectivity index (χ1) is 13.6. The number of allylic oxidation sites excluding steroid dienone is 5. The summed E-state index contributed by atoms with van der Waals surface area (Å²) in [7, 11) is -1.58. The Morgan fingerprint density at radius 1 is 1.14 bits per heavy atom. The summed E-state index contributed by atoms with van der Waals surface area (Å²) in [6.07, 6.45) is 24.0. The molecular formula is C25H40N2Si. The molecule has 0 aromatic rings. The molecule has 154 valence electrons. The zero-order chi connectivity index (χ0) is 19.6. The quantitative estimate of drug-likeness (QED) is 0.269. The minimum absolute atomic E-state index is 0.764. The number of nitrogens with zero attached hydrogens (tertiary/aromatic N) is 2. The lowest BCUT2D eigenvalue weighted by molar-refractivity contribution is 0.378. The third-order valence-corrected chi connectivity index (χ3v) is 12.5. The first-order valence-electron chi connectivity index (χ1n) is 11.9. The molecule has 1 saturated heterocycles. The number of hydrogen-bond donors (Lipinski definition) is 0. The van der Waals surface area contributed by atoms with Gasteiger partial charge in [0.05, 0.1) is 5.84 Å². The first-order valence-corrected chi connectivity index (χ1v) is 14.9. The number of rotatable bonds is 7. The SMILES string of the molecule is C=CCCCCC1CC([Si](C)(C)N2CCCC3CCCN=C32)C2C=CC=CC12. The Balaban J connectivity index is 1.53. The zero-order valence-corrected chi connectivity index (χ0v) is 19.2. The summed E-state index contributed by atoms with van der Waals surface area (Å²) in [5, 5.41) is 0. The van der Waals surface area contributed by atoms with E-state index in [1.165, 1.54) is 70.2 Å². The van der Waals surface area contributed by atoms with Crippen LogP contribution in [-0.2, 0) is 0 Å². The van der Waals surface area contributed by atoms with E-state index in [4.69, 9.17) is 4.99 Å². The largest absolute Gasteiger partial charge is 0.386 e. The maximum Gasteiger partial charge on any atom is 0.155 e. The molecule has 0 amide bonds. The second kappa shape index (κ2) is 8.73. The van der Waals surface area contributed by atoms with Crippen molar-refractivity contribution >= 4 is 14.1 Å². The van der Waals surface area contributed by atoms with E-state index < -0.39 is 8.24 Å². The Morgan fingerprint density at radius 2 is 1.93 bits per heavy atom. The van der Waals surface area contributed by atoms with Gasteiger partial charge in [-0.15, -0.1) is 6.58 Å². The van der Waals surface area contributed by atoms with Gasteiger partial charge < -0.3 is 4.57 Å². The van der Waals surface area contributed by atoms with E-state index in [1.54, 1.807) is 0 Å². The Morgan fingerprint density at radius 3 is 2.75 bits per heavy atom. The van der Waals surface area contributed by atoms with Crippen molar-refractivity contribution in [3.8, 4) is 0 Å². The van der Waals surface area contributed by atoms with Crippen molar-refractivity contribution in [1.29, 1.82) is 0 Å². The second-order valence-electron chi connectivity index (χ2n) is 10.1. The lowest BCUT2D eigenvalue weighted by Crippen LogP contribution is -2.60. The molecule has 2 nitrogen and oxygen atoms in total. The average Bonchev–Trinajstić information content (AvgIpc) is 3.10. The topological polar surface area (TPSA) is 15.6 Å². The summed E-state index contributed by atoms with van der Waals surface area (Å²) in [4.78, 5) is 5.10. The normalized spacial score (nSPS) is 34.7. The van der Waals surface area contributed by atoms with Gasteiger partial charge in [0.1, 0.15) is 0 Å². The Bertz CT molecular complexity index is 647. The van der Waals surface area contributed by atoms with Crippen molar-refractivity contribution in [2.45, 2.75) is 76.4 Å². The molecule has 0 bridgehead atoms. The van der Waals surface area contributed by atoms with Gasteiger partial charge >= 0.3 is 0 Å². The molecule has 2 fully saturated rings. The molecule has 2 aliphatic heterocycles. The molecule has 5 atom stereocenters. The van der Waals surface area contributed by atoms with Crippen LogP contribution in [0, 0.1) is 23.7 Å². The van der Waals surface area contributed by atoms with Crippen LogP contribution in [-0.4, -0.2) is 31.7 Å². The number of piperidine rings is 1. The monoisotopic (exact) mass is 396 g/mol. The zero-order valence-electron chi connectivity index (χ0n) is 18.2. The Kier molecular flexibility index (Phi) is 6.29. The van der Waals surface area contributed by atoms with Crippen LogP contribution in [0.5, 0.6) is 0 Å². The molecule has 0 spiro atoms. The maximum absolute atomic E-state index is 5.10. The molecule has 3 heteroatoms. The number of amidine groups is 1. The number of unbranched alkanes of at least 4 members (excludes halogenated alkanes) is 2. The molecule has 0 aromatic carbocycles. The molecule has 2 aliphatic carbocycles. The van der Waals surface area contributed by atoms with E-state index in [2.05, 4.69) is 54.6 Å². The summed E-state index contributed by atoms with van der Waals surface area (Å²) in [6, 6.07) is 0. The van der Waals surface area contributed by atoms with Gasteiger partial charge in [-0.05, 0) is 74.7 Å². The molecule has 0 radical (unpaired) electrons. The molecule has 28 heavy (non-hydrogen) atoms. The van der Waals surface area contributed by atoms with Crippen LogP contribution >= 0.6 is 0 Å². The standard InChI is InChI=1S/C25H40N2Si/c1-4-5-6-7-12-21-19-24(23-16-9-8-15-22(21)23)28(2,3)27-18-11-14-20-13-10-17-26-25(20)27/h4,8-9,15-16,20-24H,1,5-7,10-14,17-19H2,2-3H3. The van der Waals surface area contributed by atoms with Crippen molar-refractivity contribution in [3.05, 3.63) is 37.0 Å². The number of fused-ring (bicyclic) bond motifs is 2. The highest BCUT2D eigenvalue weighted by Gasteiger charge is 2.52. The van der Waals surface area contributed by atoms with Gasteiger partial charge in [-0.3, -0.25) is 4.99 Å². The molecule has 4 aliphatic rings. The molecule has 1 saturated carbocycles. The van der Waals surface area contributed by atoms with Crippen molar-refractivity contribution in [1.82, 2.24) is 4.57 Å². The first kappa shape index (κ1) is 20.2. The summed E-state index contributed by atoms with van der Waals surface area (Å²) >= 11 is 0. The fourth-order valence-corrected chi connectivity index (χ4v) is 10.8. The highest BCUT2D eigenvalue weighted by atomic mass is 28.3. The molecule has 0 N–H and O–H groups in total. The predicted octanol–water partition coefficient (Wildman–Crippen LogP) is 6.59. The van der Waals surface area contributed by atoms with Crippen LogP contribution in [0.25, 0.3) is 0 Å². The average molecular weight is 397 g/mol. The summed E-state index contributed by atoms with van der Waals surface area (Å²) in [5.74, 6) is 4.71. The summed E-state index contributed by atoms with van der Waals surface area (Å²) in [5.41, 5.74) is 0.867. The van der Waals surface area contributed by atoms with E-state index in [0.717, 1.165) is 35.8 Å². The number of hydrogen-bond acceptors (Lipinski definition) is 2. The van der Waals surface area contributed by atoms with Gasteiger partial charge in [0.15, 0.2) is 8.24 Å². The molecule has 0 aromatic heterocycles. The van der Waals surface area contributed by atoms with Gasteiger partial charge in [-0.2, -0.15) is 0 Å². The van der Waals surface area contributed by atoms with Gasteiger partial charge in [0, 0.05) is 19.0 Å². The van der Waals surface area contributed by atoms with E-state index >= 15 is 0 Å². The van der Waals surface area contributed by atoms with Crippen LogP contribution in [0.2, 0.25) is 18.6 Å². The lowest BCUT2D eigenvalue weighted by atomic mass is 9.84. The minimum atomic E-state index is -1.58. The highest BCUT2D eigenvalue weighted by molar-refractivity contribution is 6.78. The Hall–Kier alpha value is -1.09. The third-order valence-electron chi connectivity index (χ3n) is 8.18. The smallest absolute Gasteiger partial charge is 0.155 e. The van der Waals surface area contributed by atoms with E-state index in [0.29, 0.717) is 0 Å².